The van der Waals surface area contributed by atoms with Crippen molar-refractivity contribution in [2.24, 2.45) is 0 Å². The molecule has 0 atom stereocenters. The predicted molar refractivity (Wildman–Crippen MR) is 101 cm³/mol. The molecular weight excluding hydrogens is 356 g/mol. The first-order valence-electron chi connectivity index (χ1n) is 8.16. The van der Waals surface area contributed by atoms with Gasteiger partial charge in [-0.2, -0.15) is 0 Å². The lowest BCUT2D eigenvalue weighted by Gasteiger charge is -2.07. The molecule has 0 spiro atoms. The number of nitrogens with two attached hydrogens (primary N) is 1. The van der Waals surface area contributed by atoms with Crippen molar-refractivity contribution in [3.63, 3.8) is 0 Å². The number of hydrogen-bond donors (Lipinski definition) is 2. The first kappa shape index (κ1) is 16.3. The van der Waals surface area contributed by atoms with Crippen molar-refractivity contribution >= 4 is 44.9 Å². The largest absolute Gasteiger partial charge is 0.397 e. The summed E-state index contributed by atoms with van der Waals surface area (Å²) in [4.78, 5) is 18.0. The van der Waals surface area contributed by atoms with Gasteiger partial charge in [-0.25, -0.2) is 4.98 Å². The van der Waals surface area contributed by atoms with E-state index in [1.807, 2.05) is 23.6 Å². The zero-order valence-electron chi connectivity index (χ0n) is 13.7. The monoisotopic (exact) mass is 374 g/mol. The molecule has 3 N–H and O–H groups in total. The van der Waals surface area contributed by atoms with Crippen LogP contribution in [0.25, 0.3) is 20.9 Å². The highest BCUT2D eigenvalue weighted by atomic mass is 32.2. The van der Waals surface area contributed by atoms with E-state index in [4.69, 9.17) is 5.73 Å². The maximum atomic E-state index is 11.9. The zero-order valence-corrected chi connectivity index (χ0v) is 15.4. The topological polar surface area (TPSA) is 98.7 Å². The SMILES string of the molecule is CCn1c(SCC(=O)NC2CC2)nnc1-c1sc2ncccc2c1N. The van der Waals surface area contributed by atoms with Gasteiger partial charge in [-0.3, -0.25) is 4.79 Å². The summed E-state index contributed by atoms with van der Waals surface area (Å²) in [5, 5.41) is 13.2. The lowest BCUT2D eigenvalue weighted by atomic mass is 10.2. The summed E-state index contributed by atoms with van der Waals surface area (Å²) in [6, 6.07) is 4.21. The van der Waals surface area contributed by atoms with Crippen LogP contribution in [-0.2, 0) is 11.3 Å². The van der Waals surface area contributed by atoms with E-state index < -0.39 is 0 Å². The molecule has 1 aliphatic rings. The Kier molecular flexibility index (Phi) is 4.34. The number of thiophene rings is 1. The van der Waals surface area contributed by atoms with Crippen LogP contribution in [0.1, 0.15) is 19.8 Å². The molecule has 1 fully saturated rings. The van der Waals surface area contributed by atoms with Gasteiger partial charge in [0.1, 0.15) is 4.83 Å². The van der Waals surface area contributed by atoms with Gasteiger partial charge in [-0.15, -0.1) is 21.5 Å². The molecule has 0 saturated heterocycles. The van der Waals surface area contributed by atoms with Gasteiger partial charge in [-0.1, -0.05) is 11.8 Å². The Hall–Kier alpha value is -2.13. The van der Waals surface area contributed by atoms with Crippen molar-refractivity contribution in [2.75, 3.05) is 11.5 Å². The number of fused-ring (bicyclic) bond motifs is 1. The van der Waals surface area contributed by atoms with Gasteiger partial charge in [0.15, 0.2) is 11.0 Å². The van der Waals surface area contributed by atoms with Crippen molar-refractivity contribution in [3.8, 4) is 10.7 Å². The van der Waals surface area contributed by atoms with E-state index >= 15 is 0 Å². The number of carbonyl (C=O) groups is 1. The molecule has 130 valence electrons. The highest BCUT2D eigenvalue weighted by Gasteiger charge is 2.24. The van der Waals surface area contributed by atoms with Crippen LogP contribution in [0.15, 0.2) is 23.5 Å². The van der Waals surface area contributed by atoms with Crippen molar-refractivity contribution in [2.45, 2.75) is 37.5 Å². The van der Waals surface area contributed by atoms with E-state index in [1.54, 1.807) is 6.20 Å². The second-order valence-corrected chi connectivity index (χ2v) is 7.82. The van der Waals surface area contributed by atoms with Crippen LogP contribution >= 0.6 is 23.1 Å². The molecule has 0 aliphatic heterocycles. The van der Waals surface area contributed by atoms with Crippen LogP contribution in [0.4, 0.5) is 5.69 Å². The number of hydrogen-bond acceptors (Lipinski definition) is 7. The van der Waals surface area contributed by atoms with Gasteiger partial charge >= 0.3 is 0 Å². The van der Waals surface area contributed by atoms with Crippen LogP contribution in [0.2, 0.25) is 0 Å². The van der Waals surface area contributed by atoms with E-state index in [0.717, 1.165) is 38.9 Å². The van der Waals surface area contributed by atoms with Crippen molar-refractivity contribution in [1.29, 1.82) is 0 Å². The number of aromatic nitrogens is 4. The number of nitrogens with one attached hydrogen (secondary N) is 1. The summed E-state index contributed by atoms with van der Waals surface area (Å²) < 4.78 is 2.00. The fourth-order valence-electron chi connectivity index (χ4n) is 2.59. The third-order valence-corrected chi connectivity index (χ3v) is 6.11. The van der Waals surface area contributed by atoms with Gasteiger partial charge in [-0.05, 0) is 31.9 Å². The average Bonchev–Trinajstić information content (AvgIpc) is 3.24. The van der Waals surface area contributed by atoms with Gasteiger partial charge in [0.05, 0.1) is 16.3 Å². The first-order chi connectivity index (χ1) is 12.2. The van der Waals surface area contributed by atoms with Crippen LogP contribution in [0, 0.1) is 0 Å². The van der Waals surface area contributed by atoms with E-state index in [9.17, 15) is 4.79 Å². The molecule has 0 bridgehead atoms. The number of nitrogens with zero attached hydrogens (tertiary/aromatic N) is 4. The molecule has 0 radical (unpaired) electrons. The lowest BCUT2D eigenvalue weighted by Crippen LogP contribution is -2.27. The van der Waals surface area contributed by atoms with Gasteiger partial charge < -0.3 is 15.6 Å². The second-order valence-electron chi connectivity index (χ2n) is 5.88. The molecule has 1 aliphatic carbocycles. The minimum atomic E-state index is 0.0466. The summed E-state index contributed by atoms with van der Waals surface area (Å²) in [5.74, 6) is 1.12. The summed E-state index contributed by atoms with van der Waals surface area (Å²) in [6.07, 6.45) is 3.93. The Labute approximate surface area is 153 Å². The molecular formula is C16H18N6OS2. The Morgan fingerprint density at radius 2 is 2.32 bits per heavy atom. The van der Waals surface area contributed by atoms with E-state index in [0.29, 0.717) is 24.0 Å². The van der Waals surface area contributed by atoms with Crippen LogP contribution in [-0.4, -0.2) is 37.5 Å². The smallest absolute Gasteiger partial charge is 0.230 e. The maximum Gasteiger partial charge on any atom is 0.230 e. The summed E-state index contributed by atoms with van der Waals surface area (Å²) in [5.41, 5.74) is 6.99. The molecule has 3 aromatic rings. The molecule has 3 aromatic heterocycles. The molecule has 1 amide bonds. The molecule has 7 nitrogen and oxygen atoms in total. The normalized spacial score (nSPS) is 14.1. The van der Waals surface area contributed by atoms with Crippen molar-refractivity contribution in [3.05, 3.63) is 18.3 Å². The Balaban J connectivity index is 1.60. The zero-order chi connectivity index (χ0) is 17.4. The first-order valence-corrected chi connectivity index (χ1v) is 9.96. The molecule has 3 heterocycles. The van der Waals surface area contributed by atoms with Gasteiger partial charge in [0, 0.05) is 24.2 Å². The fourth-order valence-corrected chi connectivity index (χ4v) is 4.46. The molecule has 25 heavy (non-hydrogen) atoms. The second kappa shape index (κ2) is 6.64. The van der Waals surface area contributed by atoms with Crippen LogP contribution in [0.3, 0.4) is 0 Å². The minimum Gasteiger partial charge on any atom is -0.397 e. The van der Waals surface area contributed by atoms with E-state index in [-0.39, 0.29) is 5.91 Å². The quantitative estimate of drug-likeness (QED) is 0.643. The standard InChI is InChI=1S/C16H18N6OS2/c1-2-22-14(13-12(17)10-4-3-7-18-15(10)25-13)20-21-16(22)24-8-11(23)19-9-5-6-9/h3-4,7,9H,2,5-6,8,17H2,1H3,(H,19,23). The van der Waals surface area contributed by atoms with Gasteiger partial charge in [0.25, 0.3) is 0 Å². The number of nitrogen functional groups attached to an aromatic ring is 1. The number of carbonyl (C=O) groups excluding carboxylic acids is 1. The average molecular weight is 374 g/mol. The summed E-state index contributed by atoms with van der Waals surface area (Å²) in [6.45, 7) is 2.74. The molecule has 1 saturated carbocycles. The third-order valence-electron chi connectivity index (χ3n) is 4.02. The number of rotatable bonds is 6. The minimum absolute atomic E-state index is 0.0466. The molecule has 0 unspecified atom stereocenters. The van der Waals surface area contributed by atoms with E-state index in [1.165, 1.54) is 23.1 Å². The maximum absolute atomic E-state index is 11.9. The highest BCUT2D eigenvalue weighted by molar-refractivity contribution is 7.99. The summed E-state index contributed by atoms with van der Waals surface area (Å²) in [7, 11) is 0. The number of thioether (sulfide) groups is 1. The van der Waals surface area contributed by atoms with Crippen molar-refractivity contribution < 1.29 is 4.79 Å². The molecule has 4 rings (SSSR count). The molecule has 9 heteroatoms. The Morgan fingerprint density at radius 1 is 1.48 bits per heavy atom. The van der Waals surface area contributed by atoms with Crippen LogP contribution in [0.5, 0.6) is 0 Å². The Morgan fingerprint density at radius 3 is 3.04 bits per heavy atom. The third kappa shape index (κ3) is 3.21. The lowest BCUT2D eigenvalue weighted by molar-refractivity contribution is -0.118. The van der Waals surface area contributed by atoms with Crippen LogP contribution < -0.4 is 11.1 Å². The summed E-state index contributed by atoms with van der Waals surface area (Å²) >= 11 is 2.92. The fraction of sp³-hybridized carbons (Fsp3) is 0.375. The molecule has 0 aromatic carbocycles. The number of pyridine rings is 1. The number of anilines is 1. The number of amides is 1. The van der Waals surface area contributed by atoms with E-state index in [2.05, 4.69) is 20.5 Å². The van der Waals surface area contributed by atoms with Gasteiger partial charge in [0.2, 0.25) is 5.91 Å². The predicted octanol–water partition coefficient (Wildman–Crippen LogP) is 2.53. The Bertz CT molecular complexity index is 930. The van der Waals surface area contributed by atoms with Crippen molar-refractivity contribution in [1.82, 2.24) is 25.1 Å². The highest BCUT2D eigenvalue weighted by Crippen LogP contribution is 2.39.